The van der Waals surface area contributed by atoms with Gasteiger partial charge in [0.2, 0.25) is 11.7 Å². The normalized spacial score (nSPS) is 11.7. The molecular weight excluding hydrogens is 570 g/mol. The zero-order chi connectivity index (χ0) is 25.9. The fraction of sp³-hybridized carbons (Fsp3) is 0.111. The van der Waals surface area contributed by atoms with Crippen LogP contribution in [-0.4, -0.2) is 20.7 Å². The summed E-state index contributed by atoms with van der Waals surface area (Å²) in [5, 5.41) is 12.8. The number of aromatic hydroxyl groups is 1. The van der Waals surface area contributed by atoms with E-state index in [9.17, 15) is 62.6 Å². The minimum absolute atomic E-state index is 0. The van der Waals surface area contributed by atoms with Gasteiger partial charge in [0.25, 0.3) is 6.43 Å². The van der Waals surface area contributed by atoms with Crippen molar-refractivity contribution in [2.24, 2.45) is 0 Å². The third-order valence-corrected chi connectivity index (χ3v) is 4.30. The minimum Gasteiger partial charge on any atom is -0.493 e. The molecule has 4 nitrogen and oxygen atoms in total. The minimum atomic E-state index is -5.95. The molecule has 0 unspecified atom stereocenters. The summed E-state index contributed by atoms with van der Waals surface area (Å²) in [7, 11) is 0. The Kier molecular flexibility index (Phi) is 7.65. The third-order valence-electron chi connectivity index (χ3n) is 4.30. The molecule has 0 radical (unpaired) electrons. The van der Waals surface area contributed by atoms with E-state index in [0.29, 0.717) is 0 Å². The molecule has 0 amide bonds. The Hall–Kier alpha value is -3.10. The van der Waals surface area contributed by atoms with Crippen LogP contribution >= 0.6 is 0 Å². The predicted molar refractivity (Wildman–Crippen MR) is 84.8 cm³/mol. The topological polar surface area (TPSA) is 55.1 Å². The first-order chi connectivity index (χ1) is 15.6. The fourth-order valence-electron chi connectivity index (χ4n) is 2.84. The average molecular weight is 574 g/mol. The van der Waals surface area contributed by atoms with Gasteiger partial charge in [0.15, 0.2) is 40.7 Å². The second kappa shape index (κ2) is 9.51. The van der Waals surface area contributed by atoms with Crippen molar-refractivity contribution in [3.63, 3.8) is 0 Å². The molecule has 1 aromatic heterocycles. The Balaban J connectivity index is 0.00000432. The number of alkyl halides is 5. The number of carbonyl (C=O) groups is 1. The molecule has 0 aliphatic heterocycles. The van der Waals surface area contributed by atoms with Crippen molar-refractivity contribution in [2.45, 2.75) is 12.6 Å². The van der Waals surface area contributed by atoms with Gasteiger partial charge in [-0.1, -0.05) is 0 Å². The van der Waals surface area contributed by atoms with Gasteiger partial charge in [0.1, 0.15) is 22.5 Å². The van der Waals surface area contributed by atoms with E-state index < -0.39 is 97.7 Å². The summed E-state index contributed by atoms with van der Waals surface area (Å²) in [4.78, 5) is 12.5. The van der Waals surface area contributed by atoms with Crippen molar-refractivity contribution in [3.05, 3.63) is 75.2 Å². The monoisotopic (exact) mass is 572 g/mol. The molecule has 0 spiro atoms. The van der Waals surface area contributed by atoms with E-state index in [1.165, 1.54) is 0 Å². The maximum atomic E-state index is 14.2. The van der Waals surface area contributed by atoms with Gasteiger partial charge in [-0.25, -0.2) is 39.5 Å². The van der Waals surface area contributed by atoms with Gasteiger partial charge in [-0.15, -0.1) is 0 Å². The summed E-state index contributed by atoms with van der Waals surface area (Å²) >= 11 is 0. The van der Waals surface area contributed by atoms with Gasteiger partial charge in [0, 0.05) is 25.0 Å². The van der Waals surface area contributed by atoms with Crippen molar-refractivity contribution in [1.82, 2.24) is 9.78 Å². The molecule has 0 atom stereocenters. The molecule has 0 bridgehead atoms. The van der Waals surface area contributed by atoms with Gasteiger partial charge in [-0.05, 0) is 12.1 Å². The molecule has 1 heterocycles. The Labute approximate surface area is 197 Å². The van der Waals surface area contributed by atoms with Crippen LogP contribution < -0.4 is 0 Å². The smallest absolute Gasteiger partial charge is 0.422 e. The number of benzene rings is 2. The maximum absolute atomic E-state index is 14.2. The van der Waals surface area contributed by atoms with E-state index in [0.717, 1.165) is 0 Å². The van der Waals surface area contributed by atoms with E-state index in [1.807, 2.05) is 0 Å². The third kappa shape index (κ3) is 4.60. The van der Waals surface area contributed by atoms with E-state index in [2.05, 4.69) is 5.10 Å². The van der Waals surface area contributed by atoms with Crippen LogP contribution in [0.2, 0.25) is 0 Å². The van der Waals surface area contributed by atoms with E-state index in [4.69, 9.17) is 0 Å². The number of ketones is 1. The number of hydrogen-bond donors (Lipinski definition) is 1. The van der Waals surface area contributed by atoms with Crippen molar-refractivity contribution in [2.75, 3.05) is 0 Å². The maximum Gasteiger partial charge on any atom is 0.422 e. The van der Waals surface area contributed by atoms with Crippen LogP contribution in [0.3, 0.4) is 0 Å². The molecule has 3 rings (SSSR count). The first-order valence-electron chi connectivity index (χ1n) is 8.32. The van der Waals surface area contributed by atoms with Crippen LogP contribution in [0.4, 0.5) is 52.7 Å². The molecule has 0 saturated carbocycles. The zero-order valence-electron chi connectivity index (χ0n) is 16.2. The van der Waals surface area contributed by atoms with E-state index in [1.54, 1.807) is 0 Å². The molecule has 3 aromatic rings. The van der Waals surface area contributed by atoms with Crippen LogP contribution in [0.5, 0.6) is 5.88 Å². The second-order valence-corrected chi connectivity index (χ2v) is 6.36. The number of carbonyl (C=O) groups excluding carboxylic acids is 1. The summed E-state index contributed by atoms with van der Waals surface area (Å²) < 4.78 is 160. The van der Waals surface area contributed by atoms with Gasteiger partial charge in [-0.2, -0.15) is 23.0 Å². The second-order valence-electron chi connectivity index (χ2n) is 6.36. The summed E-state index contributed by atoms with van der Waals surface area (Å²) in [6.45, 7) is 0. The van der Waals surface area contributed by atoms with Crippen molar-refractivity contribution in [3.8, 4) is 11.6 Å². The first kappa shape index (κ1) is 28.1. The van der Waals surface area contributed by atoms with Crippen LogP contribution in [-0.2, 0) is 25.7 Å². The fourth-order valence-corrected chi connectivity index (χ4v) is 2.84. The van der Waals surface area contributed by atoms with Crippen LogP contribution in [0.15, 0.2) is 12.1 Å². The SMILES string of the molecule is O=C(c1cc(F)c(F)c(F)c1)c1c(C(F)F)nn(-c2c(F)c(F)c(C(F)(F)F)c(F)c2F)c1O.[Zn]. The van der Waals surface area contributed by atoms with E-state index >= 15 is 0 Å². The Morgan fingerprint density at radius 3 is 1.71 bits per heavy atom. The number of nitrogens with zero attached hydrogens (tertiary/aromatic N) is 2. The van der Waals surface area contributed by atoms with Crippen molar-refractivity contribution < 1.29 is 82.1 Å². The summed E-state index contributed by atoms with van der Waals surface area (Å²) in [5.41, 5.74) is -10.1. The molecule has 184 valence electrons. The molecule has 0 aliphatic rings. The van der Waals surface area contributed by atoms with Crippen molar-refractivity contribution in [1.29, 1.82) is 0 Å². The average Bonchev–Trinajstić information content (AvgIpc) is 3.06. The summed E-state index contributed by atoms with van der Waals surface area (Å²) in [5.74, 6) is -21.7. The van der Waals surface area contributed by atoms with E-state index in [-0.39, 0.29) is 31.6 Å². The number of halogens is 12. The molecular formula is C18H4F12N2O2Zn. The molecule has 0 aliphatic carbocycles. The Morgan fingerprint density at radius 2 is 1.31 bits per heavy atom. The van der Waals surface area contributed by atoms with Crippen molar-refractivity contribution >= 4 is 5.78 Å². The first-order valence-corrected chi connectivity index (χ1v) is 8.32. The van der Waals surface area contributed by atoms with Gasteiger partial charge < -0.3 is 5.11 Å². The molecule has 35 heavy (non-hydrogen) atoms. The standard InChI is InChI=1S/C18H4F12N2O2.Zn/c19-4-1-3(2-5(20)8(4)21)15(33)6-13(16(26)27)31-32(17(6)34)14-11(24)9(22)7(18(28,29)30)10(23)12(14)25;/h1-2,16,34H;. The van der Waals surface area contributed by atoms with Crippen LogP contribution in [0.25, 0.3) is 5.69 Å². The molecule has 2 aromatic carbocycles. The summed E-state index contributed by atoms with van der Waals surface area (Å²) in [6.07, 6.45) is -9.84. The predicted octanol–water partition coefficient (Wildman–Crippen LogP) is 5.74. The van der Waals surface area contributed by atoms with Crippen LogP contribution in [0.1, 0.15) is 33.6 Å². The number of rotatable bonds is 4. The van der Waals surface area contributed by atoms with Crippen LogP contribution in [0, 0.1) is 40.7 Å². The van der Waals surface area contributed by atoms with Gasteiger partial charge >= 0.3 is 6.18 Å². The largest absolute Gasteiger partial charge is 0.493 e. The zero-order valence-corrected chi connectivity index (χ0v) is 19.2. The molecule has 0 saturated heterocycles. The van der Waals surface area contributed by atoms with Gasteiger partial charge in [0.05, 0.1) is 0 Å². The number of hydrogen-bond acceptors (Lipinski definition) is 3. The molecule has 1 N–H and O–H groups in total. The molecule has 0 fully saturated rings. The quantitative estimate of drug-likeness (QED) is 0.143. The Bertz CT molecular complexity index is 1280. The summed E-state index contributed by atoms with van der Waals surface area (Å²) in [6, 6.07) is -0.0171. The Morgan fingerprint density at radius 1 is 0.857 bits per heavy atom. The molecule has 17 heteroatoms. The van der Waals surface area contributed by atoms with Gasteiger partial charge in [-0.3, -0.25) is 4.79 Å². The number of aromatic nitrogens is 2.